The molecule has 1 aliphatic carbocycles. The van der Waals surface area contributed by atoms with E-state index in [4.69, 9.17) is 0 Å². The maximum atomic E-state index is 3.63. The van der Waals surface area contributed by atoms with E-state index < -0.39 is 0 Å². The van der Waals surface area contributed by atoms with E-state index in [-0.39, 0.29) is 0 Å². The third-order valence-corrected chi connectivity index (χ3v) is 4.01. The Morgan fingerprint density at radius 2 is 2.08 bits per heavy atom. The highest BCUT2D eigenvalue weighted by atomic mass is 79.9. The molecule has 0 bridgehead atoms. The second-order valence-electron chi connectivity index (χ2n) is 4.43. The predicted molar refractivity (Wildman–Crippen MR) is 55.7 cm³/mol. The Bertz CT molecular complexity index is 156. The normalized spacial score (nSPS) is 37.5. The lowest BCUT2D eigenvalue weighted by Crippen LogP contribution is -2.34. The first-order chi connectivity index (χ1) is 5.81. The molecule has 0 aromatic heterocycles. The van der Waals surface area contributed by atoms with Gasteiger partial charge in [-0.2, -0.15) is 0 Å². The first-order valence-corrected chi connectivity index (χ1v) is 6.23. The Kier molecular flexibility index (Phi) is 2.75. The van der Waals surface area contributed by atoms with Crippen molar-refractivity contribution in [1.82, 2.24) is 4.90 Å². The molecule has 2 rings (SSSR count). The zero-order valence-electron chi connectivity index (χ0n) is 7.80. The van der Waals surface area contributed by atoms with Crippen molar-refractivity contribution in [3.8, 4) is 0 Å². The van der Waals surface area contributed by atoms with Gasteiger partial charge >= 0.3 is 0 Å². The molecular formula is C10H18BrN. The average molecular weight is 232 g/mol. The Hall–Kier alpha value is 0.440. The number of alkyl halides is 1. The molecule has 2 fully saturated rings. The molecule has 1 heterocycles. The van der Waals surface area contributed by atoms with E-state index in [1.165, 1.54) is 37.7 Å². The van der Waals surface area contributed by atoms with Crippen LogP contribution in [0.5, 0.6) is 0 Å². The molecule has 0 N–H and O–H groups in total. The Balaban J connectivity index is 1.86. The van der Waals surface area contributed by atoms with Gasteiger partial charge in [-0.1, -0.05) is 22.9 Å². The number of hydrogen-bond acceptors (Lipinski definition) is 1. The van der Waals surface area contributed by atoms with Gasteiger partial charge in [0.05, 0.1) is 0 Å². The summed E-state index contributed by atoms with van der Waals surface area (Å²) in [5.41, 5.74) is 0. The first kappa shape index (κ1) is 9.01. The zero-order valence-corrected chi connectivity index (χ0v) is 9.39. The molecule has 2 unspecified atom stereocenters. The van der Waals surface area contributed by atoms with Crippen LogP contribution in [0.2, 0.25) is 0 Å². The topological polar surface area (TPSA) is 3.24 Å². The van der Waals surface area contributed by atoms with Crippen molar-refractivity contribution < 1.29 is 0 Å². The highest BCUT2D eigenvalue weighted by Gasteiger charge is 2.33. The van der Waals surface area contributed by atoms with E-state index >= 15 is 0 Å². The molecule has 1 saturated heterocycles. The van der Waals surface area contributed by atoms with Crippen molar-refractivity contribution in [3.05, 3.63) is 0 Å². The monoisotopic (exact) mass is 231 g/mol. The molecule has 0 aromatic carbocycles. The van der Waals surface area contributed by atoms with Gasteiger partial charge in [0.2, 0.25) is 0 Å². The van der Waals surface area contributed by atoms with E-state index in [9.17, 15) is 0 Å². The van der Waals surface area contributed by atoms with Crippen LogP contribution in [-0.4, -0.2) is 29.4 Å². The summed E-state index contributed by atoms with van der Waals surface area (Å²) in [6.07, 6.45) is 4.38. The lowest BCUT2D eigenvalue weighted by Gasteiger charge is -2.24. The van der Waals surface area contributed by atoms with Crippen molar-refractivity contribution >= 4 is 15.9 Å². The first-order valence-electron chi connectivity index (χ1n) is 5.11. The van der Waals surface area contributed by atoms with Gasteiger partial charge in [-0.3, -0.25) is 4.90 Å². The molecule has 12 heavy (non-hydrogen) atoms. The zero-order chi connectivity index (χ0) is 8.55. The summed E-state index contributed by atoms with van der Waals surface area (Å²) in [6.45, 7) is 5.10. The van der Waals surface area contributed by atoms with Crippen LogP contribution in [0.15, 0.2) is 0 Å². The smallest absolute Gasteiger partial charge is 0.0218 e. The molecule has 0 radical (unpaired) electrons. The largest absolute Gasteiger partial charge is 0.299 e. The van der Waals surface area contributed by atoms with Gasteiger partial charge in [0.1, 0.15) is 0 Å². The van der Waals surface area contributed by atoms with Crippen molar-refractivity contribution in [2.24, 2.45) is 11.8 Å². The van der Waals surface area contributed by atoms with E-state index in [1.54, 1.807) is 0 Å². The standard InChI is InChI=1S/C10H18BrN/c1-8-4-5-12(10(8)6-11)7-9-2-3-9/h8-10H,2-7H2,1H3. The minimum atomic E-state index is 0.825. The predicted octanol–water partition coefficient (Wildman–Crippen LogP) is 2.50. The molecule has 1 aliphatic heterocycles. The fourth-order valence-electron chi connectivity index (χ4n) is 2.20. The SMILES string of the molecule is CC1CCN(CC2CC2)C1CBr. The van der Waals surface area contributed by atoms with Crippen LogP contribution in [0.4, 0.5) is 0 Å². The Morgan fingerprint density at radius 1 is 1.33 bits per heavy atom. The molecule has 0 amide bonds. The van der Waals surface area contributed by atoms with Gasteiger partial charge in [-0.25, -0.2) is 0 Å². The third kappa shape index (κ3) is 1.85. The minimum Gasteiger partial charge on any atom is -0.299 e. The summed E-state index contributed by atoms with van der Waals surface area (Å²) in [4.78, 5) is 2.69. The maximum absolute atomic E-state index is 3.63. The van der Waals surface area contributed by atoms with Gasteiger partial charge < -0.3 is 0 Å². The van der Waals surface area contributed by atoms with Crippen LogP contribution in [-0.2, 0) is 0 Å². The second-order valence-corrected chi connectivity index (χ2v) is 5.07. The van der Waals surface area contributed by atoms with Crippen molar-refractivity contribution in [3.63, 3.8) is 0 Å². The maximum Gasteiger partial charge on any atom is 0.0218 e. The Morgan fingerprint density at radius 3 is 2.67 bits per heavy atom. The third-order valence-electron chi connectivity index (χ3n) is 3.35. The van der Waals surface area contributed by atoms with Crippen LogP contribution in [0, 0.1) is 11.8 Å². The molecule has 1 saturated carbocycles. The van der Waals surface area contributed by atoms with E-state index in [0.717, 1.165) is 17.9 Å². The van der Waals surface area contributed by atoms with Gasteiger partial charge in [-0.15, -0.1) is 0 Å². The molecule has 2 heteroatoms. The molecule has 1 nitrogen and oxygen atoms in total. The quantitative estimate of drug-likeness (QED) is 0.676. The van der Waals surface area contributed by atoms with E-state index in [2.05, 4.69) is 27.8 Å². The van der Waals surface area contributed by atoms with Crippen LogP contribution in [0.3, 0.4) is 0 Å². The molecule has 0 spiro atoms. The number of nitrogens with zero attached hydrogens (tertiary/aromatic N) is 1. The Labute approximate surface area is 83.6 Å². The summed E-state index contributed by atoms with van der Waals surface area (Å²) >= 11 is 3.63. The van der Waals surface area contributed by atoms with Crippen LogP contribution in [0.1, 0.15) is 26.2 Å². The number of likely N-dealkylation sites (tertiary alicyclic amines) is 1. The van der Waals surface area contributed by atoms with Crippen molar-refractivity contribution in [2.45, 2.75) is 32.2 Å². The minimum absolute atomic E-state index is 0.825. The van der Waals surface area contributed by atoms with Crippen LogP contribution in [0.25, 0.3) is 0 Å². The summed E-state index contributed by atoms with van der Waals surface area (Å²) in [6, 6.07) is 0.825. The summed E-state index contributed by atoms with van der Waals surface area (Å²) in [5.74, 6) is 1.96. The average Bonchev–Trinajstić information content (AvgIpc) is 2.78. The number of halogens is 1. The van der Waals surface area contributed by atoms with E-state index in [0.29, 0.717) is 0 Å². The molecule has 0 aromatic rings. The fraction of sp³-hybridized carbons (Fsp3) is 1.00. The molecule has 2 aliphatic rings. The summed E-state index contributed by atoms with van der Waals surface area (Å²) in [5, 5.41) is 1.17. The molecule has 70 valence electrons. The fourth-order valence-corrected chi connectivity index (χ4v) is 3.24. The van der Waals surface area contributed by atoms with Crippen molar-refractivity contribution in [1.29, 1.82) is 0 Å². The van der Waals surface area contributed by atoms with Gasteiger partial charge in [0.25, 0.3) is 0 Å². The molecular weight excluding hydrogens is 214 g/mol. The lowest BCUT2D eigenvalue weighted by molar-refractivity contribution is 0.243. The lowest BCUT2D eigenvalue weighted by atomic mass is 10.1. The highest BCUT2D eigenvalue weighted by Crippen LogP contribution is 2.34. The number of rotatable bonds is 3. The van der Waals surface area contributed by atoms with Crippen LogP contribution < -0.4 is 0 Å². The van der Waals surface area contributed by atoms with Gasteiger partial charge in [0, 0.05) is 17.9 Å². The van der Waals surface area contributed by atoms with Crippen molar-refractivity contribution in [2.75, 3.05) is 18.4 Å². The number of hydrogen-bond donors (Lipinski definition) is 0. The van der Waals surface area contributed by atoms with Gasteiger partial charge in [-0.05, 0) is 37.6 Å². The van der Waals surface area contributed by atoms with E-state index in [1.807, 2.05) is 0 Å². The summed E-state index contributed by atoms with van der Waals surface area (Å²) in [7, 11) is 0. The highest BCUT2D eigenvalue weighted by molar-refractivity contribution is 9.09. The molecule has 2 atom stereocenters. The van der Waals surface area contributed by atoms with Gasteiger partial charge in [0.15, 0.2) is 0 Å². The second kappa shape index (κ2) is 3.67. The summed E-state index contributed by atoms with van der Waals surface area (Å²) < 4.78 is 0. The van der Waals surface area contributed by atoms with Crippen LogP contribution >= 0.6 is 15.9 Å².